The van der Waals surface area contributed by atoms with Gasteiger partial charge in [-0.05, 0) is 61.1 Å². The number of hydrogen-bond acceptors (Lipinski definition) is 3. The third kappa shape index (κ3) is 2.40. The van der Waals surface area contributed by atoms with Crippen LogP contribution in [0.15, 0.2) is 28.9 Å². The monoisotopic (exact) mass is 356 g/mol. The van der Waals surface area contributed by atoms with E-state index in [2.05, 4.69) is 27.7 Å². The first-order valence-corrected chi connectivity index (χ1v) is 6.57. The maximum atomic E-state index is 12.1. The lowest BCUT2D eigenvalue weighted by atomic mass is 10.2. The van der Waals surface area contributed by atoms with Crippen LogP contribution in [-0.4, -0.2) is 15.7 Å². The van der Waals surface area contributed by atoms with E-state index in [0.717, 1.165) is 20.5 Å². The number of aromatic nitrogens is 2. The van der Waals surface area contributed by atoms with Gasteiger partial charge in [-0.1, -0.05) is 0 Å². The molecule has 0 spiro atoms. The Morgan fingerprint density at radius 2 is 2.22 bits per heavy atom. The molecule has 2 aromatic heterocycles. The third-order valence-electron chi connectivity index (χ3n) is 2.66. The standard InChI is InChI=1S/C13H13IN2O2/c1-8(11-5-4-6-18-11)7-12(17)16-10(3)13(14)9(2)15-16/h4-7H,1-3H3/b8-7-. The van der Waals surface area contributed by atoms with E-state index in [0.29, 0.717) is 5.76 Å². The molecule has 0 saturated heterocycles. The molecule has 0 aromatic carbocycles. The molecule has 0 atom stereocenters. The molecular weight excluding hydrogens is 343 g/mol. The van der Waals surface area contributed by atoms with Gasteiger partial charge in [-0.2, -0.15) is 5.10 Å². The predicted molar refractivity (Wildman–Crippen MR) is 77.4 cm³/mol. The predicted octanol–water partition coefficient (Wildman–Crippen LogP) is 3.44. The van der Waals surface area contributed by atoms with E-state index in [-0.39, 0.29) is 5.91 Å². The number of aryl methyl sites for hydroxylation is 1. The number of nitrogens with zero attached hydrogens (tertiary/aromatic N) is 2. The molecule has 0 aliphatic heterocycles. The van der Waals surface area contributed by atoms with Gasteiger partial charge in [0.2, 0.25) is 0 Å². The van der Waals surface area contributed by atoms with Crippen LogP contribution in [-0.2, 0) is 0 Å². The highest BCUT2D eigenvalue weighted by atomic mass is 127. The summed E-state index contributed by atoms with van der Waals surface area (Å²) in [5.74, 6) is 0.534. The Labute approximate surface area is 119 Å². The average molecular weight is 356 g/mol. The van der Waals surface area contributed by atoms with Crippen molar-refractivity contribution in [2.24, 2.45) is 0 Å². The zero-order valence-corrected chi connectivity index (χ0v) is 12.6. The maximum absolute atomic E-state index is 12.1. The van der Waals surface area contributed by atoms with E-state index in [9.17, 15) is 4.79 Å². The molecule has 0 aliphatic carbocycles. The second-order valence-corrected chi connectivity index (χ2v) is 5.12. The number of halogens is 1. The topological polar surface area (TPSA) is 48.0 Å². The number of hydrogen-bond donors (Lipinski definition) is 0. The van der Waals surface area contributed by atoms with Crippen molar-refractivity contribution < 1.29 is 9.21 Å². The summed E-state index contributed by atoms with van der Waals surface area (Å²) in [6.07, 6.45) is 3.12. The Bertz CT molecular complexity index is 609. The van der Waals surface area contributed by atoms with Gasteiger partial charge in [0.1, 0.15) is 5.76 Å². The summed E-state index contributed by atoms with van der Waals surface area (Å²) in [6, 6.07) is 3.62. The van der Waals surface area contributed by atoms with E-state index in [4.69, 9.17) is 4.42 Å². The lowest BCUT2D eigenvalue weighted by Gasteiger charge is -2.00. The fourth-order valence-electron chi connectivity index (χ4n) is 1.66. The van der Waals surface area contributed by atoms with Crippen LogP contribution < -0.4 is 0 Å². The van der Waals surface area contributed by atoms with Gasteiger partial charge >= 0.3 is 0 Å². The fourth-order valence-corrected chi connectivity index (χ4v) is 2.00. The summed E-state index contributed by atoms with van der Waals surface area (Å²) in [6.45, 7) is 5.62. The maximum Gasteiger partial charge on any atom is 0.271 e. The minimum absolute atomic E-state index is 0.160. The molecule has 2 heterocycles. The van der Waals surface area contributed by atoms with Gasteiger partial charge < -0.3 is 4.42 Å². The summed E-state index contributed by atoms with van der Waals surface area (Å²) < 4.78 is 7.68. The number of allylic oxidation sites excluding steroid dienone is 2. The van der Waals surface area contributed by atoms with Crippen LogP contribution in [0.2, 0.25) is 0 Å². The first-order valence-electron chi connectivity index (χ1n) is 5.49. The second kappa shape index (κ2) is 5.09. The molecule has 0 bridgehead atoms. The van der Waals surface area contributed by atoms with Gasteiger partial charge in [-0.25, -0.2) is 4.68 Å². The van der Waals surface area contributed by atoms with Gasteiger partial charge in [-0.3, -0.25) is 4.79 Å². The summed E-state index contributed by atoms with van der Waals surface area (Å²) in [5.41, 5.74) is 2.51. The van der Waals surface area contributed by atoms with Crippen LogP contribution in [0.1, 0.15) is 28.9 Å². The summed E-state index contributed by atoms with van der Waals surface area (Å²) in [4.78, 5) is 12.1. The number of carbonyl (C=O) groups is 1. The molecule has 0 unspecified atom stereocenters. The van der Waals surface area contributed by atoms with Crippen LogP contribution in [0, 0.1) is 17.4 Å². The molecule has 2 aromatic rings. The Kier molecular flexibility index (Phi) is 3.70. The highest BCUT2D eigenvalue weighted by Gasteiger charge is 2.13. The quantitative estimate of drug-likeness (QED) is 0.612. The smallest absolute Gasteiger partial charge is 0.271 e. The number of furan rings is 1. The molecule has 18 heavy (non-hydrogen) atoms. The van der Waals surface area contributed by atoms with Gasteiger partial charge in [0.15, 0.2) is 0 Å². The minimum Gasteiger partial charge on any atom is -0.465 e. The Morgan fingerprint density at radius 1 is 1.50 bits per heavy atom. The lowest BCUT2D eigenvalue weighted by molar-refractivity contribution is 0.0952. The molecule has 2 rings (SSSR count). The summed E-state index contributed by atoms with van der Waals surface area (Å²) in [5, 5.41) is 4.23. The molecule has 0 aliphatic rings. The van der Waals surface area contributed by atoms with Crippen molar-refractivity contribution in [2.45, 2.75) is 20.8 Å². The van der Waals surface area contributed by atoms with Crippen LogP contribution in [0.4, 0.5) is 0 Å². The molecule has 0 amide bonds. The summed E-state index contributed by atoms with van der Waals surface area (Å²) >= 11 is 2.19. The molecule has 5 heteroatoms. The van der Waals surface area contributed by atoms with Crippen molar-refractivity contribution in [3.05, 3.63) is 45.2 Å². The fraction of sp³-hybridized carbons (Fsp3) is 0.231. The molecule has 0 radical (unpaired) electrons. The molecule has 0 saturated carbocycles. The van der Waals surface area contributed by atoms with Crippen molar-refractivity contribution in [1.82, 2.24) is 9.78 Å². The summed E-state index contributed by atoms with van der Waals surface area (Å²) in [7, 11) is 0. The SMILES string of the molecule is C/C(=C/C(=O)n1nc(C)c(I)c1C)c1ccco1. The Balaban J connectivity index is 2.33. The Hall–Kier alpha value is -1.37. The van der Waals surface area contributed by atoms with E-state index in [1.54, 1.807) is 12.3 Å². The van der Waals surface area contributed by atoms with E-state index >= 15 is 0 Å². The van der Waals surface area contributed by atoms with Crippen molar-refractivity contribution in [1.29, 1.82) is 0 Å². The van der Waals surface area contributed by atoms with Crippen molar-refractivity contribution in [3.63, 3.8) is 0 Å². The highest BCUT2D eigenvalue weighted by molar-refractivity contribution is 14.1. The normalized spacial score (nSPS) is 11.9. The number of rotatable bonds is 2. The zero-order valence-electron chi connectivity index (χ0n) is 10.4. The van der Waals surface area contributed by atoms with Crippen LogP contribution in [0.3, 0.4) is 0 Å². The van der Waals surface area contributed by atoms with Gasteiger partial charge in [0, 0.05) is 6.08 Å². The largest absolute Gasteiger partial charge is 0.465 e. The first kappa shape index (κ1) is 13.1. The van der Waals surface area contributed by atoms with Crippen molar-refractivity contribution >= 4 is 34.1 Å². The van der Waals surface area contributed by atoms with E-state index in [1.807, 2.05) is 26.8 Å². The van der Waals surface area contributed by atoms with E-state index in [1.165, 1.54) is 10.8 Å². The van der Waals surface area contributed by atoms with Crippen LogP contribution in [0.5, 0.6) is 0 Å². The van der Waals surface area contributed by atoms with E-state index < -0.39 is 0 Å². The molecule has 4 nitrogen and oxygen atoms in total. The average Bonchev–Trinajstić information content (AvgIpc) is 2.94. The number of carbonyl (C=O) groups excluding carboxylic acids is 1. The van der Waals surface area contributed by atoms with Gasteiger partial charge in [0.25, 0.3) is 5.91 Å². The highest BCUT2D eigenvalue weighted by Crippen LogP contribution is 2.17. The third-order valence-corrected chi connectivity index (χ3v) is 4.22. The zero-order chi connectivity index (χ0) is 13.3. The Morgan fingerprint density at radius 3 is 2.72 bits per heavy atom. The minimum atomic E-state index is -0.160. The van der Waals surface area contributed by atoms with Gasteiger partial charge in [0.05, 0.1) is 21.2 Å². The van der Waals surface area contributed by atoms with Gasteiger partial charge in [-0.15, -0.1) is 0 Å². The molecule has 0 N–H and O–H groups in total. The molecule has 94 valence electrons. The van der Waals surface area contributed by atoms with Crippen LogP contribution >= 0.6 is 22.6 Å². The van der Waals surface area contributed by atoms with Crippen molar-refractivity contribution in [2.75, 3.05) is 0 Å². The van der Waals surface area contributed by atoms with Crippen LogP contribution in [0.25, 0.3) is 5.57 Å². The second-order valence-electron chi connectivity index (χ2n) is 4.04. The lowest BCUT2D eigenvalue weighted by Crippen LogP contribution is -2.11. The first-order chi connectivity index (χ1) is 8.50. The molecule has 0 fully saturated rings. The van der Waals surface area contributed by atoms with Crippen molar-refractivity contribution in [3.8, 4) is 0 Å². The molecular formula is C13H13IN2O2.